The zero-order chi connectivity index (χ0) is 14.5. The second kappa shape index (κ2) is 6.98. The average Bonchev–Trinajstić information content (AvgIpc) is 2.27. The number of nitrogens with zero attached hydrogens (tertiary/aromatic N) is 2. The van der Waals surface area contributed by atoms with E-state index in [2.05, 4.69) is 15.3 Å². The molecule has 9 heteroatoms. The van der Waals surface area contributed by atoms with Crippen LogP contribution < -0.4 is 10.1 Å². The number of carbonyl (C=O) groups is 1. The number of halogens is 3. The van der Waals surface area contributed by atoms with E-state index in [9.17, 15) is 4.79 Å². The highest BCUT2D eigenvalue weighted by molar-refractivity contribution is 6.68. The summed E-state index contributed by atoms with van der Waals surface area (Å²) in [7, 11) is 0. The first-order valence-electron chi connectivity index (χ1n) is 5.28. The van der Waals surface area contributed by atoms with Gasteiger partial charge in [0.05, 0.1) is 6.61 Å². The van der Waals surface area contributed by atoms with E-state index >= 15 is 0 Å². The number of nitrogens with one attached hydrogen (secondary N) is 1. The van der Waals surface area contributed by atoms with Gasteiger partial charge in [-0.15, -0.1) is 0 Å². The van der Waals surface area contributed by atoms with Crippen LogP contribution in [0.25, 0.3) is 0 Å². The van der Waals surface area contributed by atoms with Crippen LogP contribution in [-0.4, -0.2) is 32.7 Å². The van der Waals surface area contributed by atoms with Gasteiger partial charge in [0, 0.05) is 11.8 Å². The third-order valence-corrected chi connectivity index (χ3v) is 2.43. The summed E-state index contributed by atoms with van der Waals surface area (Å²) >= 11 is 17.2. The van der Waals surface area contributed by atoms with Crippen molar-refractivity contribution >= 4 is 40.9 Å². The Morgan fingerprint density at radius 1 is 1.47 bits per heavy atom. The molecule has 1 heterocycles. The smallest absolute Gasteiger partial charge is 0.410 e. The molecule has 1 rings (SSSR count). The Balaban J connectivity index is 2.78. The summed E-state index contributed by atoms with van der Waals surface area (Å²) in [6, 6.07) is 1.54. The predicted octanol–water partition coefficient (Wildman–Crippen LogP) is 2.61. The van der Waals surface area contributed by atoms with Gasteiger partial charge in [-0.2, -0.15) is 0 Å². The van der Waals surface area contributed by atoms with Crippen molar-refractivity contribution in [3.8, 4) is 5.88 Å². The van der Waals surface area contributed by atoms with Crippen LogP contribution in [0.3, 0.4) is 0 Å². The molecular formula is C10H12Cl3N3O3. The minimum absolute atomic E-state index is 0.167. The molecule has 106 valence electrons. The summed E-state index contributed by atoms with van der Waals surface area (Å²) in [5.74, 6) is 0.167. The Hall–Kier alpha value is -0.980. The first-order chi connectivity index (χ1) is 8.82. The maximum atomic E-state index is 11.3. The highest BCUT2D eigenvalue weighted by Gasteiger charge is 2.37. The van der Waals surface area contributed by atoms with E-state index in [1.54, 1.807) is 13.8 Å². The minimum atomic E-state index is -1.88. The SMILES string of the molecule is CCOC(=O)N[C@H](Oc1cc(C)ncn1)C(Cl)(Cl)Cl. The van der Waals surface area contributed by atoms with Gasteiger partial charge in [0.25, 0.3) is 0 Å². The molecule has 0 unspecified atom stereocenters. The molecule has 0 fully saturated rings. The van der Waals surface area contributed by atoms with Gasteiger partial charge in [0.2, 0.25) is 15.9 Å². The minimum Gasteiger partial charge on any atom is -0.450 e. The monoisotopic (exact) mass is 327 g/mol. The topological polar surface area (TPSA) is 73.3 Å². The summed E-state index contributed by atoms with van der Waals surface area (Å²) in [6.45, 7) is 3.58. The van der Waals surface area contributed by atoms with Crippen molar-refractivity contribution in [1.29, 1.82) is 0 Å². The van der Waals surface area contributed by atoms with Gasteiger partial charge in [-0.1, -0.05) is 34.8 Å². The van der Waals surface area contributed by atoms with Gasteiger partial charge in [0.15, 0.2) is 0 Å². The molecule has 0 aliphatic rings. The number of alkyl carbamates (subject to hydrolysis) is 1. The van der Waals surface area contributed by atoms with E-state index in [4.69, 9.17) is 44.3 Å². The van der Waals surface area contributed by atoms with E-state index < -0.39 is 16.1 Å². The number of amides is 1. The third kappa shape index (κ3) is 5.67. The molecule has 1 N–H and O–H groups in total. The Morgan fingerprint density at radius 3 is 2.68 bits per heavy atom. The molecule has 0 aliphatic heterocycles. The first-order valence-corrected chi connectivity index (χ1v) is 6.41. The lowest BCUT2D eigenvalue weighted by atomic mass is 10.4. The number of carbonyl (C=O) groups excluding carboxylic acids is 1. The van der Waals surface area contributed by atoms with Crippen LogP contribution >= 0.6 is 34.8 Å². The van der Waals surface area contributed by atoms with Gasteiger partial charge in [-0.25, -0.2) is 14.8 Å². The zero-order valence-corrected chi connectivity index (χ0v) is 12.5. The molecule has 0 aliphatic carbocycles. The summed E-state index contributed by atoms with van der Waals surface area (Å²) in [4.78, 5) is 19.1. The maximum Gasteiger partial charge on any atom is 0.410 e. The van der Waals surface area contributed by atoms with E-state index in [1.807, 2.05) is 0 Å². The summed E-state index contributed by atoms with van der Waals surface area (Å²) in [6.07, 6.45) is -0.708. The highest BCUT2D eigenvalue weighted by atomic mass is 35.6. The molecule has 0 bridgehead atoms. The largest absolute Gasteiger partial charge is 0.450 e. The molecule has 0 radical (unpaired) electrons. The standard InChI is InChI=1S/C10H12Cl3N3O3/c1-3-18-9(17)16-8(10(11,12)13)19-7-4-6(2)14-5-15-7/h4-5,8H,3H2,1-2H3,(H,16,17)/t8-/m1/s1. The van der Waals surface area contributed by atoms with Crippen molar-refractivity contribution in [2.45, 2.75) is 23.9 Å². The van der Waals surface area contributed by atoms with E-state index in [0.717, 1.165) is 0 Å². The lowest BCUT2D eigenvalue weighted by Crippen LogP contribution is -2.48. The molecule has 0 aromatic carbocycles. The van der Waals surface area contributed by atoms with Crippen LogP contribution in [0.15, 0.2) is 12.4 Å². The van der Waals surface area contributed by atoms with Gasteiger partial charge in [-0.05, 0) is 13.8 Å². The maximum absolute atomic E-state index is 11.3. The summed E-state index contributed by atoms with van der Waals surface area (Å²) in [5, 5.41) is 2.29. The molecule has 0 saturated carbocycles. The van der Waals surface area contributed by atoms with Crippen molar-refractivity contribution < 1.29 is 14.3 Å². The van der Waals surface area contributed by atoms with Crippen LogP contribution in [0.1, 0.15) is 12.6 Å². The lowest BCUT2D eigenvalue weighted by molar-refractivity contribution is 0.112. The summed E-state index contributed by atoms with van der Waals surface area (Å²) < 4.78 is 8.12. The van der Waals surface area contributed by atoms with Crippen LogP contribution in [0.2, 0.25) is 0 Å². The highest BCUT2D eigenvalue weighted by Crippen LogP contribution is 2.31. The Bertz CT molecular complexity index is 440. The van der Waals surface area contributed by atoms with Crippen LogP contribution in [0, 0.1) is 6.92 Å². The summed E-state index contributed by atoms with van der Waals surface area (Å²) in [5.41, 5.74) is 0.671. The van der Waals surface area contributed by atoms with Crippen molar-refractivity contribution in [3.05, 3.63) is 18.1 Å². The van der Waals surface area contributed by atoms with Crippen molar-refractivity contribution in [1.82, 2.24) is 15.3 Å². The molecular weight excluding hydrogens is 316 g/mol. The molecule has 0 spiro atoms. The van der Waals surface area contributed by atoms with Crippen LogP contribution in [-0.2, 0) is 4.74 Å². The van der Waals surface area contributed by atoms with Crippen molar-refractivity contribution in [2.24, 2.45) is 0 Å². The fraction of sp³-hybridized carbons (Fsp3) is 0.500. The number of rotatable bonds is 4. The molecule has 1 atom stereocenters. The number of hydrogen-bond donors (Lipinski definition) is 1. The van der Waals surface area contributed by atoms with Gasteiger partial charge in [0.1, 0.15) is 6.33 Å². The second-order valence-electron chi connectivity index (χ2n) is 3.40. The number of ether oxygens (including phenoxy) is 2. The number of aromatic nitrogens is 2. The quantitative estimate of drug-likeness (QED) is 0.679. The van der Waals surface area contributed by atoms with E-state index in [-0.39, 0.29) is 12.5 Å². The normalized spacial score (nSPS) is 12.7. The van der Waals surface area contributed by atoms with Gasteiger partial charge < -0.3 is 9.47 Å². The molecule has 6 nitrogen and oxygen atoms in total. The Labute approximate surface area is 125 Å². The first kappa shape index (κ1) is 16.1. The Kier molecular flexibility index (Phi) is 5.90. The van der Waals surface area contributed by atoms with Crippen LogP contribution in [0.4, 0.5) is 4.79 Å². The van der Waals surface area contributed by atoms with Crippen molar-refractivity contribution in [2.75, 3.05) is 6.61 Å². The fourth-order valence-corrected chi connectivity index (χ4v) is 1.37. The molecule has 1 aromatic rings. The Morgan fingerprint density at radius 2 is 2.16 bits per heavy atom. The number of hydrogen-bond acceptors (Lipinski definition) is 5. The van der Waals surface area contributed by atoms with Crippen LogP contribution in [0.5, 0.6) is 5.88 Å². The molecule has 1 amide bonds. The van der Waals surface area contributed by atoms with Gasteiger partial charge >= 0.3 is 6.09 Å². The third-order valence-electron chi connectivity index (χ3n) is 1.84. The molecule has 0 saturated heterocycles. The molecule has 19 heavy (non-hydrogen) atoms. The van der Waals surface area contributed by atoms with E-state index in [1.165, 1.54) is 12.4 Å². The lowest BCUT2D eigenvalue weighted by Gasteiger charge is -2.25. The average molecular weight is 329 g/mol. The van der Waals surface area contributed by atoms with Crippen molar-refractivity contribution in [3.63, 3.8) is 0 Å². The molecule has 1 aromatic heterocycles. The van der Waals surface area contributed by atoms with Gasteiger partial charge in [-0.3, -0.25) is 5.32 Å². The number of alkyl halides is 3. The van der Waals surface area contributed by atoms with E-state index in [0.29, 0.717) is 5.69 Å². The predicted molar refractivity (Wildman–Crippen MR) is 71.6 cm³/mol. The number of aryl methyl sites for hydroxylation is 1. The second-order valence-corrected chi connectivity index (χ2v) is 5.77. The fourth-order valence-electron chi connectivity index (χ4n) is 1.07. The zero-order valence-electron chi connectivity index (χ0n) is 10.2.